The number of nitrogens with two attached hydrogens (primary N) is 1. The molecule has 4 aliphatic carbocycles. The van der Waals surface area contributed by atoms with Gasteiger partial charge in [0.15, 0.2) is 0 Å². The lowest BCUT2D eigenvalue weighted by atomic mass is 9.44. The highest BCUT2D eigenvalue weighted by Crippen LogP contribution is 2.65. The Hall–Kier alpha value is -0.120. The molecule has 0 radical (unpaired) electrons. The zero-order valence-electron chi connectivity index (χ0n) is 23.3. The van der Waals surface area contributed by atoms with Gasteiger partial charge in [-0.1, -0.05) is 53.4 Å². The fourth-order valence-corrected chi connectivity index (χ4v) is 9.66. The topological polar surface area (TPSA) is 50.1 Å². The number of rotatable bonds is 12. The van der Waals surface area contributed by atoms with Crippen molar-refractivity contribution in [2.24, 2.45) is 58.5 Å². The average molecular weight is 474 g/mol. The number of nitrogens with one attached hydrogen (secondary N) is 2. The second-order valence-electron chi connectivity index (χ2n) is 13.8. The summed E-state index contributed by atoms with van der Waals surface area (Å²) in [4.78, 5) is 0. The Bertz CT molecular complexity index is 605. The third kappa shape index (κ3) is 6.05. The van der Waals surface area contributed by atoms with E-state index in [-0.39, 0.29) is 0 Å². The normalized spacial score (nSPS) is 41.8. The van der Waals surface area contributed by atoms with E-state index in [4.69, 9.17) is 5.73 Å². The van der Waals surface area contributed by atoms with Crippen LogP contribution >= 0.6 is 0 Å². The van der Waals surface area contributed by atoms with Crippen molar-refractivity contribution in [2.75, 3.05) is 26.2 Å². The molecule has 0 aromatic carbocycles. The smallest absolute Gasteiger partial charge is 0.00793 e. The fraction of sp³-hybridized carbons (Fsp3) is 1.00. The molecule has 9 atom stereocenters. The molecule has 34 heavy (non-hydrogen) atoms. The molecule has 0 aromatic heterocycles. The standard InChI is InChI=1S/C31H59N3/c1-22(2)8-5-6-9-24-10-11-28-27(24)12-13-29-30(28)23(3)20-25-21-26(14-15-31(25,29)4)34-19-18-33-17-7-16-32/h22-30,33-34H,5-21,32H2,1-4H3. The molecule has 0 aromatic rings. The molecule has 9 unspecified atom stereocenters. The van der Waals surface area contributed by atoms with Crippen LogP contribution < -0.4 is 16.4 Å². The second kappa shape index (κ2) is 12.4. The zero-order chi connectivity index (χ0) is 24.1. The Kier molecular flexibility index (Phi) is 9.83. The molecular formula is C31H59N3. The summed E-state index contributed by atoms with van der Waals surface area (Å²) in [6.45, 7) is 14.2. The first-order chi connectivity index (χ1) is 16.4. The molecule has 4 saturated carbocycles. The lowest BCUT2D eigenvalue weighted by Gasteiger charge is -2.61. The molecule has 4 fully saturated rings. The first-order valence-electron chi connectivity index (χ1n) is 15.6. The van der Waals surface area contributed by atoms with Gasteiger partial charge in [0.1, 0.15) is 0 Å². The highest BCUT2D eigenvalue weighted by atomic mass is 15.0. The quantitative estimate of drug-likeness (QED) is 0.279. The van der Waals surface area contributed by atoms with Crippen LogP contribution in [0.15, 0.2) is 0 Å². The second-order valence-corrected chi connectivity index (χ2v) is 13.8. The van der Waals surface area contributed by atoms with Gasteiger partial charge in [-0.2, -0.15) is 0 Å². The molecule has 3 nitrogen and oxygen atoms in total. The van der Waals surface area contributed by atoms with Crippen molar-refractivity contribution in [3.8, 4) is 0 Å². The summed E-state index contributed by atoms with van der Waals surface area (Å²) < 4.78 is 0. The van der Waals surface area contributed by atoms with Gasteiger partial charge >= 0.3 is 0 Å². The Labute approximate surface area is 212 Å². The van der Waals surface area contributed by atoms with Gasteiger partial charge in [-0.25, -0.2) is 0 Å². The number of unbranched alkanes of at least 4 members (excludes halogenated alkanes) is 1. The van der Waals surface area contributed by atoms with E-state index in [1.54, 1.807) is 25.7 Å². The zero-order valence-corrected chi connectivity index (χ0v) is 23.3. The van der Waals surface area contributed by atoms with E-state index in [0.717, 1.165) is 86.0 Å². The molecule has 0 amide bonds. The minimum Gasteiger partial charge on any atom is -0.330 e. The van der Waals surface area contributed by atoms with Gasteiger partial charge in [-0.3, -0.25) is 0 Å². The SMILES string of the molecule is CC(C)CCCCC1CCC2C1CCC1C2C(C)CC2CC(NCCNCCCN)CCC21C. The molecule has 0 aliphatic heterocycles. The maximum Gasteiger partial charge on any atom is 0.00793 e. The van der Waals surface area contributed by atoms with Crippen LogP contribution in [0.25, 0.3) is 0 Å². The van der Waals surface area contributed by atoms with Crippen molar-refractivity contribution in [3.63, 3.8) is 0 Å². The molecule has 198 valence electrons. The van der Waals surface area contributed by atoms with Crippen LogP contribution in [0.1, 0.15) is 111 Å². The Balaban J connectivity index is 1.29. The first kappa shape index (κ1) is 26.9. The van der Waals surface area contributed by atoms with E-state index in [1.165, 1.54) is 51.4 Å². The summed E-state index contributed by atoms with van der Waals surface area (Å²) >= 11 is 0. The molecular weight excluding hydrogens is 414 g/mol. The molecule has 0 spiro atoms. The van der Waals surface area contributed by atoms with Gasteiger partial charge in [0.2, 0.25) is 0 Å². The van der Waals surface area contributed by atoms with Crippen LogP contribution in [0, 0.1) is 52.8 Å². The molecule has 3 heteroatoms. The summed E-state index contributed by atoms with van der Waals surface area (Å²) in [7, 11) is 0. The van der Waals surface area contributed by atoms with Gasteiger partial charge in [-0.05, 0) is 124 Å². The minimum atomic E-state index is 0.620. The third-order valence-corrected chi connectivity index (χ3v) is 11.4. The summed E-state index contributed by atoms with van der Waals surface area (Å²) in [6, 6.07) is 0.746. The van der Waals surface area contributed by atoms with Crippen molar-refractivity contribution in [1.29, 1.82) is 0 Å². The largest absolute Gasteiger partial charge is 0.330 e. The molecule has 4 aliphatic rings. The summed E-state index contributed by atoms with van der Waals surface area (Å²) in [5.41, 5.74) is 6.23. The third-order valence-electron chi connectivity index (χ3n) is 11.4. The fourth-order valence-electron chi connectivity index (χ4n) is 9.66. The van der Waals surface area contributed by atoms with E-state index in [1.807, 2.05) is 0 Å². The maximum atomic E-state index is 5.61. The van der Waals surface area contributed by atoms with Gasteiger partial charge in [0.25, 0.3) is 0 Å². The predicted octanol–water partition coefficient (Wildman–Crippen LogP) is 6.61. The average Bonchev–Trinajstić information content (AvgIpc) is 3.23. The molecule has 4 rings (SSSR count). The van der Waals surface area contributed by atoms with Crippen LogP contribution in [0.2, 0.25) is 0 Å². The molecule has 0 bridgehead atoms. The number of fused-ring (bicyclic) bond motifs is 5. The Morgan fingerprint density at radius 1 is 0.912 bits per heavy atom. The van der Waals surface area contributed by atoms with E-state index >= 15 is 0 Å². The Morgan fingerprint density at radius 2 is 1.74 bits per heavy atom. The lowest BCUT2D eigenvalue weighted by molar-refractivity contribution is -0.117. The molecule has 0 heterocycles. The summed E-state index contributed by atoms with van der Waals surface area (Å²) in [5, 5.41) is 7.45. The summed E-state index contributed by atoms with van der Waals surface area (Å²) in [6.07, 6.45) is 19.1. The predicted molar refractivity (Wildman–Crippen MR) is 147 cm³/mol. The van der Waals surface area contributed by atoms with Gasteiger partial charge in [0, 0.05) is 19.1 Å². The summed E-state index contributed by atoms with van der Waals surface area (Å²) in [5.74, 6) is 8.04. The van der Waals surface area contributed by atoms with Crippen molar-refractivity contribution >= 4 is 0 Å². The van der Waals surface area contributed by atoms with Gasteiger partial charge in [0.05, 0.1) is 0 Å². The van der Waals surface area contributed by atoms with E-state index in [9.17, 15) is 0 Å². The monoisotopic (exact) mass is 473 g/mol. The first-order valence-corrected chi connectivity index (χ1v) is 15.6. The maximum absolute atomic E-state index is 5.61. The van der Waals surface area contributed by atoms with E-state index < -0.39 is 0 Å². The van der Waals surface area contributed by atoms with Crippen LogP contribution in [-0.4, -0.2) is 32.2 Å². The minimum absolute atomic E-state index is 0.620. The highest BCUT2D eigenvalue weighted by Gasteiger charge is 2.58. The van der Waals surface area contributed by atoms with Crippen LogP contribution in [0.4, 0.5) is 0 Å². The molecule has 0 saturated heterocycles. The van der Waals surface area contributed by atoms with Crippen LogP contribution in [-0.2, 0) is 0 Å². The number of hydrogen-bond acceptors (Lipinski definition) is 3. The van der Waals surface area contributed by atoms with Gasteiger partial charge < -0.3 is 16.4 Å². The van der Waals surface area contributed by atoms with E-state index in [2.05, 4.69) is 38.3 Å². The van der Waals surface area contributed by atoms with Crippen LogP contribution in [0.3, 0.4) is 0 Å². The van der Waals surface area contributed by atoms with Crippen molar-refractivity contribution in [2.45, 2.75) is 117 Å². The molecule has 4 N–H and O–H groups in total. The van der Waals surface area contributed by atoms with E-state index in [0.29, 0.717) is 5.41 Å². The van der Waals surface area contributed by atoms with Crippen molar-refractivity contribution in [3.05, 3.63) is 0 Å². The van der Waals surface area contributed by atoms with Crippen LogP contribution in [0.5, 0.6) is 0 Å². The lowest BCUT2D eigenvalue weighted by Crippen LogP contribution is -2.56. The van der Waals surface area contributed by atoms with Gasteiger partial charge in [-0.15, -0.1) is 0 Å². The highest BCUT2D eigenvalue weighted by molar-refractivity contribution is 5.07. The number of hydrogen-bond donors (Lipinski definition) is 3. The Morgan fingerprint density at radius 3 is 2.53 bits per heavy atom. The van der Waals surface area contributed by atoms with Crippen molar-refractivity contribution < 1.29 is 0 Å². The van der Waals surface area contributed by atoms with Crippen molar-refractivity contribution in [1.82, 2.24) is 10.6 Å².